The monoisotopic (exact) mass is 435 g/mol. The molecule has 2 N–H and O–H groups in total. The number of rotatable bonds is 7. The van der Waals surface area contributed by atoms with Crippen molar-refractivity contribution in [2.24, 2.45) is 0 Å². The minimum absolute atomic E-state index is 0.0691. The maximum atomic E-state index is 11.7. The van der Waals surface area contributed by atoms with Gasteiger partial charge in [0.2, 0.25) is 5.16 Å². The largest absolute Gasteiger partial charge is 0.488 e. The zero-order valence-corrected chi connectivity index (χ0v) is 17.0. The van der Waals surface area contributed by atoms with Crippen LogP contribution in [0.15, 0.2) is 52.5 Å². The first-order valence-electron chi connectivity index (χ1n) is 8.10. The average molecular weight is 436 g/mol. The maximum absolute atomic E-state index is 11.7. The lowest BCUT2D eigenvalue weighted by Gasteiger charge is -2.11. The fraction of sp³-hybridized carbons (Fsp3) is 0.105. The van der Waals surface area contributed by atoms with Gasteiger partial charge in [0.25, 0.3) is 0 Å². The Bertz CT molecular complexity index is 1040. The molecule has 0 atom stereocenters. The van der Waals surface area contributed by atoms with E-state index in [1.165, 1.54) is 6.08 Å². The zero-order chi connectivity index (χ0) is 20.1. The van der Waals surface area contributed by atoms with Crippen LogP contribution in [0.3, 0.4) is 0 Å². The highest BCUT2D eigenvalue weighted by atomic mass is 35.5. The van der Waals surface area contributed by atoms with Crippen molar-refractivity contribution < 1.29 is 14.6 Å². The smallest absolute Gasteiger partial charge is 0.342 e. The van der Waals surface area contributed by atoms with Crippen molar-refractivity contribution >= 4 is 47.0 Å². The molecule has 0 aliphatic carbocycles. The number of halogens is 2. The molecule has 144 valence electrons. The number of aromatic nitrogens is 3. The number of thioether (sulfide) groups is 1. The molecule has 9 heteroatoms. The van der Waals surface area contributed by atoms with E-state index in [4.69, 9.17) is 27.9 Å². The summed E-state index contributed by atoms with van der Waals surface area (Å²) in [6, 6.07) is 12.3. The van der Waals surface area contributed by atoms with Crippen LogP contribution in [0.1, 0.15) is 17.0 Å². The molecule has 0 spiro atoms. The number of H-pyrrole nitrogens is 1. The van der Waals surface area contributed by atoms with Gasteiger partial charge < -0.3 is 9.84 Å². The predicted molar refractivity (Wildman–Crippen MR) is 110 cm³/mol. The SMILES string of the molecule is Cc1nc(S/C(=C\c2ccccc2OCc2ccc(Cl)cc2Cl)C(=O)O)n[nH]1. The van der Waals surface area contributed by atoms with Gasteiger partial charge in [-0.25, -0.2) is 9.78 Å². The fourth-order valence-corrected chi connectivity index (χ4v) is 3.47. The van der Waals surface area contributed by atoms with Crippen molar-refractivity contribution in [1.82, 2.24) is 15.2 Å². The second-order valence-corrected chi connectivity index (χ2v) is 7.53. The molecule has 1 heterocycles. The number of nitrogens with zero attached hydrogens (tertiary/aromatic N) is 2. The summed E-state index contributed by atoms with van der Waals surface area (Å²) in [5.41, 5.74) is 1.39. The molecule has 28 heavy (non-hydrogen) atoms. The van der Waals surface area contributed by atoms with Crippen LogP contribution in [0.2, 0.25) is 10.0 Å². The third-order valence-electron chi connectivity index (χ3n) is 3.59. The minimum Gasteiger partial charge on any atom is -0.488 e. The normalized spacial score (nSPS) is 11.5. The topological polar surface area (TPSA) is 88.1 Å². The molecule has 3 aromatic rings. The first-order chi connectivity index (χ1) is 13.4. The standard InChI is InChI=1S/C19H15Cl2N3O3S/c1-11-22-19(24-23-11)28-17(18(25)26)8-12-4-2-3-5-16(12)27-10-13-6-7-14(20)9-15(13)21/h2-9H,10H2,1H3,(H,25,26)(H,22,23,24)/b17-8-. The number of aryl methyl sites for hydroxylation is 1. The molecule has 2 aromatic carbocycles. The van der Waals surface area contributed by atoms with E-state index >= 15 is 0 Å². The van der Waals surface area contributed by atoms with Crippen molar-refractivity contribution in [3.05, 3.63) is 74.4 Å². The first kappa shape index (κ1) is 20.3. The van der Waals surface area contributed by atoms with E-state index in [0.717, 1.165) is 17.3 Å². The van der Waals surface area contributed by atoms with Crippen LogP contribution in [0.4, 0.5) is 0 Å². The van der Waals surface area contributed by atoms with E-state index < -0.39 is 5.97 Å². The summed E-state index contributed by atoms with van der Waals surface area (Å²) < 4.78 is 5.87. The van der Waals surface area contributed by atoms with Crippen LogP contribution < -0.4 is 4.74 Å². The van der Waals surface area contributed by atoms with E-state index in [9.17, 15) is 9.90 Å². The average Bonchev–Trinajstić information content (AvgIpc) is 3.06. The quantitative estimate of drug-likeness (QED) is 0.390. The van der Waals surface area contributed by atoms with Crippen LogP contribution >= 0.6 is 35.0 Å². The lowest BCUT2D eigenvalue weighted by molar-refractivity contribution is -0.131. The van der Waals surface area contributed by atoms with Gasteiger partial charge in [-0.1, -0.05) is 47.5 Å². The van der Waals surface area contributed by atoms with E-state index in [1.807, 2.05) is 6.07 Å². The molecule has 0 amide bonds. The lowest BCUT2D eigenvalue weighted by Crippen LogP contribution is -2.00. The molecular formula is C19H15Cl2N3O3S. The summed E-state index contributed by atoms with van der Waals surface area (Å²) >= 11 is 13.0. The number of nitrogens with one attached hydrogen (secondary N) is 1. The fourth-order valence-electron chi connectivity index (χ4n) is 2.27. The van der Waals surface area contributed by atoms with E-state index in [2.05, 4.69) is 15.2 Å². The Balaban J connectivity index is 1.83. The second-order valence-electron chi connectivity index (χ2n) is 5.68. The molecule has 0 bridgehead atoms. The number of aliphatic carboxylic acids is 1. The molecule has 0 fully saturated rings. The van der Waals surface area contributed by atoms with Gasteiger partial charge >= 0.3 is 5.97 Å². The molecule has 0 aliphatic heterocycles. The number of carboxylic acids is 1. The van der Waals surface area contributed by atoms with Gasteiger partial charge in [-0.2, -0.15) is 0 Å². The van der Waals surface area contributed by atoms with Crippen LogP contribution in [0.25, 0.3) is 6.08 Å². The van der Waals surface area contributed by atoms with E-state index in [-0.39, 0.29) is 11.5 Å². The first-order valence-corrected chi connectivity index (χ1v) is 9.67. The Morgan fingerprint density at radius 2 is 2.07 bits per heavy atom. The summed E-state index contributed by atoms with van der Waals surface area (Å²) in [4.78, 5) is 15.9. The minimum atomic E-state index is -1.08. The van der Waals surface area contributed by atoms with Gasteiger partial charge in [0.1, 0.15) is 23.1 Å². The summed E-state index contributed by atoms with van der Waals surface area (Å²) in [7, 11) is 0. The van der Waals surface area contributed by atoms with Crippen LogP contribution in [0.5, 0.6) is 5.75 Å². The zero-order valence-electron chi connectivity index (χ0n) is 14.6. The Morgan fingerprint density at radius 3 is 2.75 bits per heavy atom. The van der Waals surface area contributed by atoms with Crippen molar-refractivity contribution in [2.75, 3.05) is 0 Å². The maximum Gasteiger partial charge on any atom is 0.342 e. The molecular weight excluding hydrogens is 421 g/mol. The summed E-state index contributed by atoms with van der Waals surface area (Å²) in [5.74, 6) is 0.0536. The van der Waals surface area contributed by atoms with Gasteiger partial charge in [-0.3, -0.25) is 5.10 Å². The number of hydrogen-bond donors (Lipinski definition) is 2. The number of hydrogen-bond acceptors (Lipinski definition) is 5. The Labute approximate surface area is 175 Å². The Kier molecular flexibility index (Phi) is 6.61. The predicted octanol–water partition coefficient (Wildman–Crippen LogP) is 5.22. The van der Waals surface area contributed by atoms with Gasteiger partial charge in [0, 0.05) is 21.2 Å². The molecule has 0 radical (unpaired) electrons. The second kappa shape index (κ2) is 9.14. The van der Waals surface area contributed by atoms with Gasteiger partial charge in [0.15, 0.2) is 0 Å². The van der Waals surface area contributed by atoms with Crippen molar-refractivity contribution in [3.8, 4) is 5.75 Å². The van der Waals surface area contributed by atoms with E-state index in [1.54, 1.807) is 43.3 Å². The highest BCUT2D eigenvalue weighted by molar-refractivity contribution is 8.04. The Hall–Kier alpha value is -2.48. The molecule has 0 unspecified atom stereocenters. The molecule has 0 aliphatic rings. The number of carbonyl (C=O) groups is 1. The number of carboxylic acid groups (broad SMARTS) is 1. The third-order valence-corrected chi connectivity index (χ3v) is 5.06. The highest BCUT2D eigenvalue weighted by Crippen LogP contribution is 2.30. The number of para-hydroxylation sites is 1. The molecule has 3 rings (SSSR count). The molecule has 6 nitrogen and oxygen atoms in total. The number of ether oxygens (including phenoxy) is 1. The van der Waals surface area contributed by atoms with Crippen molar-refractivity contribution in [1.29, 1.82) is 0 Å². The van der Waals surface area contributed by atoms with Gasteiger partial charge in [0.05, 0.1) is 0 Å². The molecule has 0 saturated carbocycles. The van der Waals surface area contributed by atoms with Crippen LogP contribution in [-0.2, 0) is 11.4 Å². The molecule has 1 aromatic heterocycles. The van der Waals surface area contributed by atoms with Gasteiger partial charge in [-0.15, -0.1) is 5.10 Å². The van der Waals surface area contributed by atoms with Crippen LogP contribution in [-0.4, -0.2) is 26.3 Å². The summed E-state index contributed by atoms with van der Waals surface area (Å²) in [5, 5.41) is 17.6. The van der Waals surface area contributed by atoms with Crippen molar-refractivity contribution in [3.63, 3.8) is 0 Å². The molecule has 0 saturated heterocycles. The Morgan fingerprint density at radius 1 is 1.29 bits per heavy atom. The third kappa shape index (κ3) is 5.28. The lowest BCUT2D eigenvalue weighted by atomic mass is 10.2. The summed E-state index contributed by atoms with van der Waals surface area (Å²) in [6.07, 6.45) is 1.53. The van der Waals surface area contributed by atoms with Crippen molar-refractivity contribution in [2.45, 2.75) is 18.7 Å². The number of aromatic amines is 1. The summed E-state index contributed by atoms with van der Waals surface area (Å²) in [6.45, 7) is 1.96. The van der Waals surface area contributed by atoms with E-state index in [0.29, 0.717) is 32.3 Å². The van der Waals surface area contributed by atoms with Gasteiger partial charge in [-0.05, 0) is 43.0 Å². The highest BCUT2D eigenvalue weighted by Gasteiger charge is 2.14. The van der Waals surface area contributed by atoms with Crippen LogP contribution in [0, 0.1) is 6.92 Å². The number of benzene rings is 2.